The minimum absolute atomic E-state index is 0.715. The molecular weight excluding hydrogens is 196 g/mol. The van der Waals surface area contributed by atoms with Crippen LogP contribution >= 0.6 is 0 Å². The Hall–Kier alpha value is -1.02. The molecule has 1 rings (SSSR count). The molecule has 0 saturated carbocycles. The molecule has 0 radical (unpaired) electrons. The Balaban J connectivity index is 2.73. The van der Waals surface area contributed by atoms with E-state index in [0.717, 1.165) is 19.0 Å². The molecule has 0 unspecified atom stereocenters. The van der Waals surface area contributed by atoms with Crippen LogP contribution in [0, 0.1) is 12.8 Å². The van der Waals surface area contributed by atoms with Gasteiger partial charge in [0.05, 0.1) is 0 Å². The summed E-state index contributed by atoms with van der Waals surface area (Å²) in [5.41, 5.74) is 8.34. The van der Waals surface area contributed by atoms with Crippen LogP contribution in [0.5, 0.6) is 0 Å². The van der Waals surface area contributed by atoms with Crippen molar-refractivity contribution in [1.82, 2.24) is 0 Å². The first-order chi connectivity index (χ1) is 7.65. The van der Waals surface area contributed by atoms with E-state index in [0.29, 0.717) is 6.54 Å². The van der Waals surface area contributed by atoms with Gasteiger partial charge in [0.15, 0.2) is 0 Å². The van der Waals surface area contributed by atoms with E-state index < -0.39 is 0 Å². The highest BCUT2D eigenvalue weighted by Gasteiger charge is 2.08. The predicted molar refractivity (Wildman–Crippen MR) is 71.9 cm³/mol. The van der Waals surface area contributed by atoms with Gasteiger partial charge < -0.3 is 10.6 Å². The zero-order valence-electron chi connectivity index (χ0n) is 10.7. The van der Waals surface area contributed by atoms with E-state index in [2.05, 4.69) is 49.9 Å². The summed E-state index contributed by atoms with van der Waals surface area (Å²) in [4.78, 5) is 2.40. The Morgan fingerprint density at radius 3 is 2.44 bits per heavy atom. The van der Waals surface area contributed by atoms with Crippen molar-refractivity contribution in [2.45, 2.75) is 27.2 Å². The number of nitrogens with two attached hydrogens (primary N) is 1. The van der Waals surface area contributed by atoms with Crippen LogP contribution in [0.1, 0.15) is 25.8 Å². The number of benzene rings is 1. The molecular formula is C14H24N2. The summed E-state index contributed by atoms with van der Waals surface area (Å²) in [6.45, 7) is 9.44. The average Bonchev–Trinajstić information content (AvgIpc) is 2.25. The molecule has 16 heavy (non-hydrogen) atoms. The molecule has 0 aliphatic carbocycles. The molecule has 0 atom stereocenters. The first kappa shape index (κ1) is 13.0. The minimum Gasteiger partial charge on any atom is -0.370 e. The third-order valence-electron chi connectivity index (χ3n) is 2.83. The highest BCUT2D eigenvalue weighted by molar-refractivity contribution is 5.52. The lowest BCUT2D eigenvalue weighted by molar-refractivity contribution is 0.573. The molecule has 0 fully saturated rings. The van der Waals surface area contributed by atoms with Crippen molar-refractivity contribution in [2.24, 2.45) is 11.7 Å². The van der Waals surface area contributed by atoms with Crippen LogP contribution < -0.4 is 10.6 Å². The minimum atomic E-state index is 0.715. The van der Waals surface area contributed by atoms with Crippen molar-refractivity contribution in [3.05, 3.63) is 29.8 Å². The maximum Gasteiger partial charge on any atom is 0.0396 e. The molecule has 2 heteroatoms. The van der Waals surface area contributed by atoms with Crippen molar-refractivity contribution in [2.75, 3.05) is 24.5 Å². The molecule has 90 valence electrons. The summed E-state index contributed by atoms with van der Waals surface area (Å²) in [6, 6.07) is 8.53. The van der Waals surface area contributed by atoms with Crippen LogP contribution in [0.3, 0.4) is 0 Å². The molecule has 0 aromatic heterocycles. The SMILES string of the molecule is Cc1ccccc1N(CCN)CCC(C)C. The number of anilines is 1. The van der Waals surface area contributed by atoms with E-state index in [1.807, 2.05) is 0 Å². The van der Waals surface area contributed by atoms with Gasteiger partial charge in [-0.25, -0.2) is 0 Å². The number of hydrogen-bond donors (Lipinski definition) is 1. The number of aryl methyl sites for hydroxylation is 1. The number of nitrogens with zero attached hydrogens (tertiary/aromatic N) is 1. The van der Waals surface area contributed by atoms with Crippen LogP contribution in [0.15, 0.2) is 24.3 Å². The number of para-hydroxylation sites is 1. The zero-order chi connectivity index (χ0) is 12.0. The van der Waals surface area contributed by atoms with Crippen LogP contribution in [0.4, 0.5) is 5.69 Å². The Kier molecular flexibility index (Phi) is 5.33. The Morgan fingerprint density at radius 1 is 1.19 bits per heavy atom. The third kappa shape index (κ3) is 3.86. The summed E-state index contributed by atoms with van der Waals surface area (Å²) in [5, 5.41) is 0. The van der Waals surface area contributed by atoms with Crippen molar-refractivity contribution in [3.63, 3.8) is 0 Å². The summed E-state index contributed by atoms with van der Waals surface area (Å²) >= 11 is 0. The Morgan fingerprint density at radius 2 is 1.88 bits per heavy atom. The fraction of sp³-hybridized carbons (Fsp3) is 0.571. The zero-order valence-corrected chi connectivity index (χ0v) is 10.7. The standard InChI is InChI=1S/C14H24N2/c1-12(2)8-10-16(11-9-15)14-7-5-4-6-13(14)3/h4-7,12H,8-11,15H2,1-3H3. The smallest absolute Gasteiger partial charge is 0.0396 e. The van der Waals surface area contributed by atoms with E-state index in [1.54, 1.807) is 0 Å². The van der Waals surface area contributed by atoms with Gasteiger partial charge in [-0.3, -0.25) is 0 Å². The molecule has 1 aromatic rings. The summed E-state index contributed by atoms with van der Waals surface area (Å²) in [7, 11) is 0. The van der Waals surface area contributed by atoms with Gasteiger partial charge in [-0.2, -0.15) is 0 Å². The second kappa shape index (κ2) is 6.54. The lowest BCUT2D eigenvalue weighted by Gasteiger charge is -2.26. The summed E-state index contributed by atoms with van der Waals surface area (Å²) in [6.07, 6.45) is 1.22. The summed E-state index contributed by atoms with van der Waals surface area (Å²) in [5.74, 6) is 0.740. The summed E-state index contributed by atoms with van der Waals surface area (Å²) < 4.78 is 0. The van der Waals surface area contributed by atoms with Crippen molar-refractivity contribution >= 4 is 5.69 Å². The van der Waals surface area contributed by atoms with Gasteiger partial charge in [0, 0.05) is 25.3 Å². The highest BCUT2D eigenvalue weighted by atomic mass is 15.1. The Labute approximate surface area is 99.5 Å². The molecule has 0 spiro atoms. The Bertz CT molecular complexity index is 307. The van der Waals surface area contributed by atoms with Gasteiger partial charge in [0.25, 0.3) is 0 Å². The predicted octanol–water partition coefficient (Wildman–Crippen LogP) is 2.81. The maximum absolute atomic E-state index is 5.68. The molecule has 0 amide bonds. The van der Waals surface area contributed by atoms with E-state index in [9.17, 15) is 0 Å². The van der Waals surface area contributed by atoms with Crippen molar-refractivity contribution in [1.29, 1.82) is 0 Å². The quantitative estimate of drug-likeness (QED) is 0.798. The van der Waals surface area contributed by atoms with Crippen LogP contribution in [-0.2, 0) is 0 Å². The van der Waals surface area contributed by atoms with Gasteiger partial charge in [-0.05, 0) is 30.9 Å². The van der Waals surface area contributed by atoms with Crippen LogP contribution in [0.2, 0.25) is 0 Å². The first-order valence-corrected chi connectivity index (χ1v) is 6.15. The molecule has 0 heterocycles. The van der Waals surface area contributed by atoms with Crippen LogP contribution in [0.25, 0.3) is 0 Å². The second-order valence-corrected chi connectivity index (χ2v) is 4.74. The molecule has 2 N–H and O–H groups in total. The third-order valence-corrected chi connectivity index (χ3v) is 2.83. The molecule has 1 aromatic carbocycles. The topological polar surface area (TPSA) is 29.3 Å². The van der Waals surface area contributed by atoms with E-state index in [-0.39, 0.29) is 0 Å². The molecule has 2 nitrogen and oxygen atoms in total. The van der Waals surface area contributed by atoms with Gasteiger partial charge in [0.1, 0.15) is 0 Å². The van der Waals surface area contributed by atoms with Gasteiger partial charge in [0.2, 0.25) is 0 Å². The monoisotopic (exact) mass is 220 g/mol. The normalized spacial score (nSPS) is 10.8. The molecule has 0 aliphatic heterocycles. The number of rotatable bonds is 6. The maximum atomic E-state index is 5.68. The van der Waals surface area contributed by atoms with E-state index >= 15 is 0 Å². The molecule has 0 saturated heterocycles. The number of hydrogen-bond acceptors (Lipinski definition) is 2. The van der Waals surface area contributed by atoms with Gasteiger partial charge >= 0.3 is 0 Å². The van der Waals surface area contributed by atoms with E-state index in [1.165, 1.54) is 17.7 Å². The van der Waals surface area contributed by atoms with Gasteiger partial charge in [-0.15, -0.1) is 0 Å². The largest absolute Gasteiger partial charge is 0.370 e. The highest BCUT2D eigenvalue weighted by Crippen LogP contribution is 2.19. The lowest BCUT2D eigenvalue weighted by atomic mass is 10.1. The second-order valence-electron chi connectivity index (χ2n) is 4.74. The fourth-order valence-corrected chi connectivity index (χ4v) is 1.84. The lowest BCUT2D eigenvalue weighted by Crippen LogP contribution is -2.31. The first-order valence-electron chi connectivity index (χ1n) is 6.15. The van der Waals surface area contributed by atoms with E-state index in [4.69, 9.17) is 5.73 Å². The molecule has 0 bridgehead atoms. The molecule has 0 aliphatic rings. The van der Waals surface area contributed by atoms with Crippen molar-refractivity contribution < 1.29 is 0 Å². The fourth-order valence-electron chi connectivity index (χ4n) is 1.84. The average molecular weight is 220 g/mol. The van der Waals surface area contributed by atoms with Crippen molar-refractivity contribution in [3.8, 4) is 0 Å². The van der Waals surface area contributed by atoms with Crippen LogP contribution in [-0.4, -0.2) is 19.6 Å². The van der Waals surface area contributed by atoms with Gasteiger partial charge in [-0.1, -0.05) is 32.0 Å².